The van der Waals surface area contributed by atoms with Gasteiger partial charge >= 0.3 is 21.6 Å². The van der Waals surface area contributed by atoms with Crippen LogP contribution in [0.1, 0.15) is 32.6 Å². The van der Waals surface area contributed by atoms with Crippen molar-refractivity contribution < 1.29 is 40.0 Å². The van der Waals surface area contributed by atoms with Gasteiger partial charge in [-0.1, -0.05) is 60.7 Å². The average Bonchev–Trinajstić information content (AvgIpc) is 3.52. The number of carbonyl (C=O) groups excluding carboxylic acids is 1. The number of ether oxygens (including phenoxy) is 2. The van der Waals surface area contributed by atoms with Crippen LogP contribution in [0.15, 0.2) is 115 Å². The first-order valence-corrected chi connectivity index (χ1v) is 15.9. The number of rotatable bonds is 4. The second kappa shape index (κ2) is 9.97. The maximum absolute atomic E-state index is 13.3. The number of aryl methyl sites for hydroxylation is 1. The first-order valence-electron chi connectivity index (χ1n) is 14.5. The van der Waals surface area contributed by atoms with Crippen molar-refractivity contribution in [3.63, 3.8) is 0 Å². The minimum Gasteiger partial charge on any atom is -0.456 e. The van der Waals surface area contributed by atoms with Gasteiger partial charge in [-0.15, -0.1) is 0 Å². The van der Waals surface area contributed by atoms with Gasteiger partial charge in [0.25, 0.3) is 0 Å². The van der Waals surface area contributed by atoms with Crippen LogP contribution in [0, 0.1) is 6.92 Å². The highest BCUT2D eigenvalue weighted by Crippen LogP contribution is 2.57. The second-order valence-electron chi connectivity index (χ2n) is 11.2. The number of carbonyl (C=O) groups is 1. The number of alkyl halides is 3. The van der Waals surface area contributed by atoms with Crippen LogP contribution in [0.25, 0.3) is 27.9 Å². The topological polar surface area (TPSA) is 83.3 Å². The van der Waals surface area contributed by atoms with Gasteiger partial charge in [0.1, 0.15) is 17.2 Å². The van der Waals surface area contributed by atoms with Gasteiger partial charge in [0.2, 0.25) is 0 Å². The molecule has 234 valence electrons. The molecule has 1 atom stereocenters. The summed E-state index contributed by atoms with van der Waals surface area (Å²) in [7, 11) is -5.96. The van der Waals surface area contributed by atoms with Gasteiger partial charge in [-0.3, -0.25) is 0 Å². The van der Waals surface area contributed by atoms with Crippen LogP contribution in [0.2, 0.25) is 0 Å². The average molecular weight is 654 g/mol. The van der Waals surface area contributed by atoms with Crippen molar-refractivity contribution >= 4 is 21.6 Å². The number of hydrogen-bond acceptors (Lipinski definition) is 6. The lowest BCUT2D eigenvalue weighted by molar-refractivity contribution is -0.0500. The molecule has 2 aromatic heterocycles. The molecule has 0 amide bonds. The molecule has 0 aliphatic carbocycles. The molecule has 0 radical (unpaired) electrons. The van der Waals surface area contributed by atoms with E-state index in [-0.39, 0.29) is 11.5 Å². The number of fused-ring (bicyclic) bond motifs is 7. The highest BCUT2D eigenvalue weighted by atomic mass is 32.2. The molecule has 2 aliphatic heterocycles. The summed E-state index contributed by atoms with van der Waals surface area (Å²) < 4.78 is 82.2. The monoisotopic (exact) mass is 653 g/mol. The molecule has 0 saturated heterocycles. The van der Waals surface area contributed by atoms with Crippen LogP contribution in [-0.2, 0) is 20.5 Å². The molecular weight excluding hydrogens is 631 g/mol. The molecule has 8 rings (SSSR count). The van der Waals surface area contributed by atoms with Crippen molar-refractivity contribution in [1.29, 1.82) is 0 Å². The van der Waals surface area contributed by atoms with Crippen molar-refractivity contribution in [2.75, 3.05) is 0 Å². The largest absolute Gasteiger partial charge is 0.534 e. The predicted molar refractivity (Wildman–Crippen MR) is 167 cm³/mol. The number of aromatic nitrogens is 1. The zero-order valence-corrected chi connectivity index (χ0v) is 25.2. The second-order valence-corrected chi connectivity index (χ2v) is 12.8. The summed E-state index contributed by atoms with van der Waals surface area (Å²) in [5.41, 5.74) is 0.0911. The lowest BCUT2D eigenvalue weighted by Gasteiger charge is -2.36. The zero-order chi connectivity index (χ0) is 32.7. The third kappa shape index (κ3) is 4.19. The fraction of sp³-hybridized carbons (Fsp3) is 0.0833. The van der Waals surface area contributed by atoms with E-state index in [0.717, 1.165) is 45.6 Å². The molecule has 7 nitrogen and oxygen atoms in total. The number of nitrogens with zero attached hydrogens (tertiary/aromatic N) is 1. The molecule has 1 spiro atoms. The molecule has 6 aromatic rings. The van der Waals surface area contributed by atoms with E-state index in [1.165, 1.54) is 6.07 Å². The summed E-state index contributed by atoms with van der Waals surface area (Å²) in [6, 6.07) is 31.6. The molecule has 4 aromatic carbocycles. The predicted octanol–water partition coefficient (Wildman–Crippen LogP) is 8.38. The van der Waals surface area contributed by atoms with E-state index in [1.54, 1.807) is 30.3 Å². The number of hydrogen-bond donors (Lipinski definition) is 0. The van der Waals surface area contributed by atoms with Crippen LogP contribution in [-0.4, -0.2) is 24.3 Å². The third-order valence-corrected chi connectivity index (χ3v) is 9.59. The van der Waals surface area contributed by atoms with E-state index in [2.05, 4.69) is 8.58 Å². The summed E-state index contributed by atoms with van der Waals surface area (Å²) in [5.74, 6) is -0.984. The van der Waals surface area contributed by atoms with Gasteiger partial charge in [-0.05, 0) is 60.5 Å². The highest BCUT2D eigenvalue weighted by Gasteiger charge is 2.54. The van der Waals surface area contributed by atoms with Crippen molar-refractivity contribution in [3.8, 4) is 39.6 Å². The lowest BCUT2D eigenvalue weighted by Crippen LogP contribution is -2.33. The van der Waals surface area contributed by atoms with E-state index in [1.807, 2.05) is 73.8 Å². The standard InChI is InChI=1S/C36H22F3NO6S/c1-21-29-13-7-8-18-40(29)33(32(21)22-9-3-2-4-10-22)23-14-16-27-30(19-23)44-31-20-24(46-47(42,43)36(37,38)39)15-17-28(31)35(27)26-12-6-5-11-25(26)34(41)45-35/h2-20H,1H3. The summed E-state index contributed by atoms with van der Waals surface area (Å²) in [5, 5.41) is 0. The van der Waals surface area contributed by atoms with Crippen LogP contribution in [0.4, 0.5) is 13.2 Å². The Morgan fingerprint density at radius 1 is 0.766 bits per heavy atom. The molecule has 1 unspecified atom stereocenters. The Morgan fingerprint density at radius 3 is 2.21 bits per heavy atom. The molecular formula is C36H22F3NO6S. The smallest absolute Gasteiger partial charge is 0.456 e. The summed E-state index contributed by atoms with van der Waals surface area (Å²) in [4.78, 5) is 13.3. The van der Waals surface area contributed by atoms with Crippen molar-refractivity contribution in [3.05, 3.63) is 143 Å². The lowest BCUT2D eigenvalue weighted by atomic mass is 9.77. The van der Waals surface area contributed by atoms with Crippen molar-refractivity contribution in [1.82, 2.24) is 4.40 Å². The fourth-order valence-electron chi connectivity index (χ4n) is 6.64. The molecule has 0 fully saturated rings. The quantitative estimate of drug-likeness (QED) is 0.108. The van der Waals surface area contributed by atoms with Crippen molar-refractivity contribution in [2.45, 2.75) is 18.0 Å². The van der Waals surface area contributed by atoms with E-state index < -0.39 is 32.9 Å². The Bertz CT molecular complexity index is 2380. The van der Waals surface area contributed by atoms with E-state index in [4.69, 9.17) is 9.47 Å². The van der Waals surface area contributed by atoms with Crippen LogP contribution < -0.4 is 8.92 Å². The molecule has 0 saturated carbocycles. The molecule has 11 heteroatoms. The van der Waals surface area contributed by atoms with Gasteiger partial charge in [0.15, 0.2) is 5.60 Å². The first-order chi connectivity index (χ1) is 22.5. The Morgan fingerprint density at radius 2 is 1.45 bits per heavy atom. The number of esters is 1. The number of halogens is 3. The van der Waals surface area contributed by atoms with Gasteiger partial charge in [-0.2, -0.15) is 21.6 Å². The van der Waals surface area contributed by atoms with E-state index in [0.29, 0.717) is 22.3 Å². The molecule has 2 aliphatic rings. The molecule has 0 bridgehead atoms. The minimum absolute atomic E-state index is 0.0338. The van der Waals surface area contributed by atoms with Crippen molar-refractivity contribution in [2.24, 2.45) is 0 Å². The maximum Gasteiger partial charge on any atom is 0.534 e. The Hall–Kier alpha value is -5.55. The van der Waals surface area contributed by atoms with Crippen LogP contribution in [0.5, 0.6) is 17.2 Å². The summed E-state index contributed by atoms with van der Waals surface area (Å²) in [6.07, 6.45) is 1.96. The Kier molecular flexibility index (Phi) is 6.13. The normalized spacial score (nSPS) is 16.7. The van der Waals surface area contributed by atoms with Crippen LogP contribution in [0.3, 0.4) is 0 Å². The number of benzene rings is 4. The highest BCUT2D eigenvalue weighted by molar-refractivity contribution is 7.88. The summed E-state index contributed by atoms with van der Waals surface area (Å²) >= 11 is 0. The van der Waals surface area contributed by atoms with Gasteiger partial charge in [0, 0.05) is 45.6 Å². The Labute approximate surface area is 266 Å². The molecule has 0 N–H and O–H groups in total. The summed E-state index contributed by atoms with van der Waals surface area (Å²) in [6.45, 7) is 2.05. The SMILES string of the molecule is Cc1c(-c2ccccc2)c(-c2ccc3c(c2)Oc2cc(OS(=O)(=O)C(F)(F)F)ccc2C32OC(=O)c3ccccc32)n2ccccc12. The van der Waals surface area contributed by atoms with E-state index >= 15 is 0 Å². The zero-order valence-electron chi connectivity index (χ0n) is 24.4. The van der Waals surface area contributed by atoms with Gasteiger partial charge < -0.3 is 18.1 Å². The first kappa shape index (κ1) is 28.9. The number of pyridine rings is 1. The molecule has 47 heavy (non-hydrogen) atoms. The van der Waals surface area contributed by atoms with Crippen LogP contribution >= 0.6 is 0 Å². The molecule has 4 heterocycles. The van der Waals surface area contributed by atoms with Gasteiger partial charge in [0.05, 0.1) is 11.3 Å². The Balaban J connectivity index is 1.36. The maximum atomic E-state index is 13.3. The van der Waals surface area contributed by atoms with E-state index in [9.17, 15) is 26.4 Å². The fourth-order valence-corrected chi connectivity index (χ4v) is 7.09. The van der Waals surface area contributed by atoms with Gasteiger partial charge in [-0.25, -0.2) is 4.79 Å². The third-order valence-electron chi connectivity index (χ3n) is 8.61. The minimum atomic E-state index is -5.96.